The average Bonchev–Trinajstić information content (AvgIpc) is 2.74. The molecule has 0 aliphatic heterocycles. The van der Waals surface area contributed by atoms with E-state index in [1.807, 2.05) is 36.4 Å². The number of aromatic hydroxyl groups is 1. The Balaban J connectivity index is 1.55. The molecule has 0 saturated heterocycles. The molecule has 3 aromatic rings. The molecular weight excluding hydrogens is 468 g/mol. The molecule has 0 aromatic heterocycles. The number of phenols is 1. The van der Waals surface area contributed by atoms with Gasteiger partial charge in [-0.25, -0.2) is 5.43 Å². The maximum absolute atomic E-state index is 12.2. The molecule has 0 saturated carbocycles. The maximum atomic E-state index is 12.2. The summed E-state index contributed by atoms with van der Waals surface area (Å²) in [6.45, 7) is 0. The fourth-order valence-corrected chi connectivity index (χ4v) is 3.31. The van der Waals surface area contributed by atoms with Crippen LogP contribution in [0.2, 0.25) is 0 Å². The third-order valence-corrected chi connectivity index (χ3v) is 4.77. The highest BCUT2D eigenvalue weighted by atomic mass is 79.9. The molecule has 0 radical (unpaired) electrons. The Morgan fingerprint density at radius 1 is 1.10 bits per heavy atom. The maximum Gasteiger partial charge on any atom is 0.312 e. The molecule has 0 bridgehead atoms. The van der Waals surface area contributed by atoms with Crippen molar-refractivity contribution >= 4 is 56.1 Å². The molecule has 9 nitrogen and oxygen atoms in total. The number of phenolic OH excluding ortho intramolecular Hbond substituents is 1. The van der Waals surface area contributed by atoms with Crippen LogP contribution in [-0.4, -0.2) is 28.1 Å². The zero-order valence-electron chi connectivity index (χ0n) is 16.0. The van der Waals surface area contributed by atoms with Gasteiger partial charge in [0.2, 0.25) is 17.6 Å². The number of carbonyl (C=O) groups is 2. The first-order chi connectivity index (χ1) is 14.8. The van der Waals surface area contributed by atoms with Crippen LogP contribution < -0.4 is 10.7 Å². The van der Waals surface area contributed by atoms with Gasteiger partial charge < -0.3 is 10.4 Å². The van der Waals surface area contributed by atoms with Crippen LogP contribution in [0.5, 0.6) is 5.75 Å². The van der Waals surface area contributed by atoms with Crippen LogP contribution in [0.15, 0.2) is 64.2 Å². The van der Waals surface area contributed by atoms with E-state index in [1.165, 1.54) is 6.07 Å². The second kappa shape index (κ2) is 9.81. The van der Waals surface area contributed by atoms with Crippen molar-refractivity contribution in [3.05, 3.63) is 74.7 Å². The Morgan fingerprint density at radius 3 is 2.58 bits per heavy atom. The van der Waals surface area contributed by atoms with Gasteiger partial charge in [0.1, 0.15) is 0 Å². The molecule has 0 unspecified atom stereocenters. The largest absolute Gasteiger partial charge is 0.502 e. The van der Waals surface area contributed by atoms with Gasteiger partial charge in [0.15, 0.2) is 0 Å². The molecule has 0 spiro atoms. The topological polar surface area (TPSA) is 134 Å². The number of hydrazone groups is 1. The number of nitrogens with zero attached hydrogens (tertiary/aromatic N) is 2. The third-order valence-electron chi connectivity index (χ3n) is 4.32. The smallest absolute Gasteiger partial charge is 0.312 e. The summed E-state index contributed by atoms with van der Waals surface area (Å²) in [5.41, 5.74) is 2.45. The van der Waals surface area contributed by atoms with E-state index >= 15 is 0 Å². The summed E-state index contributed by atoms with van der Waals surface area (Å²) in [6, 6.07) is 15.7. The second-order valence-corrected chi connectivity index (χ2v) is 7.40. The Morgan fingerprint density at radius 2 is 1.81 bits per heavy atom. The number of rotatable bonds is 7. The van der Waals surface area contributed by atoms with Crippen LogP contribution in [0, 0.1) is 10.1 Å². The minimum absolute atomic E-state index is 0.0510. The standard InChI is InChI=1S/C21H17BrN4O5/c22-15-10-14(21(29)18(11-15)26(30)31)12-23-25-20(28)9-8-19(27)24-17-7-3-5-13-4-1-2-6-16(13)17/h1-7,10-12,29H,8-9H2,(H,24,27)(H,25,28)/b23-12-. The lowest BCUT2D eigenvalue weighted by Crippen LogP contribution is -2.20. The summed E-state index contributed by atoms with van der Waals surface area (Å²) in [4.78, 5) is 34.4. The van der Waals surface area contributed by atoms with Crippen molar-refractivity contribution in [3.8, 4) is 5.75 Å². The number of fused-ring (bicyclic) bond motifs is 1. The number of nitro groups is 1. The first-order valence-corrected chi connectivity index (χ1v) is 9.91. The first kappa shape index (κ1) is 21.9. The number of nitro benzene ring substituents is 1. The SMILES string of the molecule is O=C(CCC(=O)Nc1cccc2ccccc12)N/N=C\c1cc(Br)cc([N+](=O)[O-])c1O. The Labute approximate surface area is 185 Å². The molecule has 0 atom stereocenters. The summed E-state index contributed by atoms with van der Waals surface area (Å²) in [7, 11) is 0. The van der Waals surface area contributed by atoms with Crippen molar-refractivity contribution < 1.29 is 19.6 Å². The molecule has 31 heavy (non-hydrogen) atoms. The van der Waals surface area contributed by atoms with Gasteiger partial charge in [-0.2, -0.15) is 5.10 Å². The van der Waals surface area contributed by atoms with Gasteiger partial charge in [-0.3, -0.25) is 19.7 Å². The van der Waals surface area contributed by atoms with E-state index in [-0.39, 0.29) is 24.3 Å². The monoisotopic (exact) mass is 484 g/mol. The first-order valence-electron chi connectivity index (χ1n) is 9.11. The van der Waals surface area contributed by atoms with Crippen molar-refractivity contribution in [2.45, 2.75) is 12.8 Å². The second-order valence-electron chi connectivity index (χ2n) is 6.49. The van der Waals surface area contributed by atoms with E-state index in [0.29, 0.717) is 10.2 Å². The average molecular weight is 485 g/mol. The molecule has 158 valence electrons. The normalized spacial score (nSPS) is 10.9. The van der Waals surface area contributed by atoms with E-state index < -0.39 is 22.3 Å². The Bertz CT molecular complexity index is 1190. The lowest BCUT2D eigenvalue weighted by atomic mass is 10.1. The lowest BCUT2D eigenvalue weighted by molar-refractivity contribution is -0.385. The van der Waals surface area contributed by atoms with Gasteiger partial charge in [0.05, 0.1) is 11.1 Å². The Kier molecular flexibility index (Phi) is 6.93. The van der Waals surface area contributed by atoms with Gasteiger partial charge >= 0.3 is 5.69 Å². The fraction of sp³-hybridized carbons (Fsp3) is 0.0952. The highest BCUT2D eigenvalue weighted by molar-refractivity contribution is 9.10. The van der Waals surface area contributed by atoms with Gasteiger partial charge in [-0.05, 0) is 17.5 Å². The highest BCUT2D eigenvalue weighted by Gasteiger charge is 2.17. The van der Waals surface area contributed by atoms with Crippen LogP contribution in [0.1, 0.15) is 18.4 Å². The van der Waals surface area contributed by atoms with E-state index in [9.17, 15) is 24.8 Å². The summed E-state index contributed by atoms with van der Waals surface area (Å²) < 4.78 is 0.370. The Hall–Kier alpha value is -3.79. The van der Waals surface area contributed by atoms with Gasteiger partial charge in [0.25, 0.3) is 0 Å². The van der Waals surface area contributed by atoms with Crippen LogP contribution in [0.3, 0.4) is 0 Å². The van der Waals surface area contributed by atoms with Gasteiger partial charge in [0, 0.05) is 40.0 Å². The minimum Gasteiger partial charge on any atom is -0.502 e. The van der Waals surface area contributed by atoms with E-state index in [2.05, 4.69) is 31.8 Å². The van der Waals surface area contributed by atoms with Gasteiger partial charge in [-0.15, -0.1) is 0 Å². The van der Waals surface area contributed by atoms with E-state index in [4.69, 9.17) is 0 Å². The number of benzene rings is 3. The van der Waals surface area contributed by atoms with Crippen molar-refractivity contribution in [2.24, 2.45) is 5.10 Å². The van der Waals surface area contributed by atoms with Crippen LogP contribution in [0.4, 0.5) is 11.4 Å². The van der Waals surface area contributed by atoms with Crippen LogP contribution in [0.25, 0.3) is 10.8 Å². The van der Waals surface area contributed by atoms with Crippen molar-refractivity contribution in [1.82, 2.24) is 5.43 Å². The summed E-state index contributed by atoms with van der Waals surface area (Å²) in [5.74, 6) is -1.41. The molecular formula is C21H17BrN4O5. The summed E-state index contributed by atoms with van der Waals surface area (Å²) >= 11 is 3.11. The van der Waals surface area contributed by atoms with Crippen molar-refractivity contribution in [2.75, 3.05) is 5.32 Å². The molecule has 3 aromatic carbocycles. The quantitative estimate of drug-likeness (QED) is 0.263. The number of amides is 2. The molecule has 10 heteroatoms. The molecule has 0 fully saturated rings. The molecule has 0 aliphatic carbocycles. The molecule has 3 N–H and O–H groups in total. The molecule has 2 amide bonds. The number of halogens is 1. The molecule has 3 rings (SSSR count). The number of anilines is 1. The van der Waals surface area contributed by atoms with Crippen molar-refractivity contribution in [3.63, 3.8) is 0 Å². The minimum atomic E-state index is -0.732. The van der Waals surface area contributed by atoms with Crippen molar-refractivity contribution in [1.29, 1.82) is 0 Å². The third kappa shape index (κ3) is 5.64. The number of carbonyl (C=O) groups excluding carboxylic acids is 2. The lowest BCUT2D eigenvalue weighted by Gasteiger charge is -2.08. The summed E-state index contributed by atoms with van der Waals surface area (Å²) in [5, 5.41) is 29.2. The zero-order chi connectivity index (χ0) is 22.4. The van der Waals surface area contributed by atoms with E-state index in [0.717, 1.165) is 23.1 Å². The predicted molar refractivity (Wildman–Crippen MR) is 120 cm³/mol. The van der Waals surface area contributed by atoms with Gasteiger partial charge in [-0.1, -0.05) is 52.3 Å². The fourth-order valence-electron chi connectivity index (χ4n) is 2.85. The van der Waals surface area contributed by atoms with E-state index in [1.54, 1.807) is 6.07 Å². The van der Waals surface area contributed by atoms with Crippen LogP contribution >= 0.6 is 15.9 Å². The number of nitrogens with one attached hydrogen (secondary N) is 2. The predicted octanol–water partition coefficient (Wildman–Crippen LogP) is 4.09. The summed E-state index contributed by atoms with van der Waals surface area (Å²) in [6.07, 6.45) is 0.915. The highest BCUT2D eigenvalue weighted by Crippen LogP contribution is 2.32. The number of hydrogen-bond donors (Lipinski definition) is 3. The zero-order valence-corrected chi connectivity index (χ0v) is 17.6. The molecule has 0 aliphatic rings. The molecule has 0 heterocycles. The van der Waals surface area contributed by atoms with Crippen LogP contribution in [-0.2, 0) is 9.59 Å². The number of hydrogen-bond acceptors (Lipinski definition) is 6.